The van der Waals surface area contributed by atoms with E-state index in [-0.39, 0.29) is 24.0 Å². The maximum atomic E-state index is 4.74. The molecule has 8 heteroatoms. The molecule has 27 heavy (non-hydrogen) atoms. The van der Waals surface area contributed by atoms with Crippen LogP contribution in [0.25, 0.3) is 0 Å². The fourth-order valence-corrected chi connectivity index (χ4v) is 4.59. The third-order valence-electron chi connectivity index (χ3n) is 4.20. The second kappa shape index (κ2) is 12.5. The van der Waals surface area contributed by atoms with Crippen molar-refractivity contribution in [1.29, 1.82) is 0 Å². The number of para-hydroxylation sites is 1. The molecule has 1 atom stereocenters. The van der Waals surface area contributed by atoms with Crippen molar-refractivity contribution < 1.29 is 0 Å². The van der Waals surface area contributed by atoms with Crippen molar-refractivity contribution in [2.24, 2.45) is 4.99 Å². The van der Waals surface area contributed by atoms with Crippen LogP contribution in [-0.4, -0.2) is 48.9 Å². The lowest BCUT2D eigenvalue weighted by molar-refractivity contribution is 0.649. The first-order valence-electron chi connectivity index (χ1n) is 9.22. The first kappa shape index (κ1) is 22.3. The topological polar surface area (TPSA) is 52.6 Å². The Bertz CT molecular complexity index is 666. The Balaban J connectivity index is 0.00000261. The van der Waals surface area contributed by atoms with Crippen molar-refractivity contribution in [1.82, 2.24) is 15.6 Å². The number of anilines is 1. The van der Waals surface area contributed by atoms with Crippen LogP contribution in [-0.2, 0) is 0 Å². The van der Waals surface area contributed by atoms with E-state index in [0.717, 1.165) is 55.1 Å². The highest BCUT2D eigenvalue weighted by Crippen LogP contribution is 2.21. The third kappa shape index (κ3) is 7.50. The van der Waals surface area contributed by atoms with Crippen LogP contribution < -0.4 is 15.5 Å². The van der Waals surface area contributed by atoms with Gasteiger partial charge in [0.15, 0.2) is 5.96 Å². The van der Waals surface area contributed by atoms with Crippen molar-refractivity contribution in [2.45, 2.75) is 30.1 Å². The van der Waals surface area contributed by atoms with Crippen molar-refractivity contribution in [2.75, 3.05) is 36.8 Å². The summed E-state index contributed by atoms with van der Waals surface area (Å²) in [6, 6.07) is 11.1. The zero-order chi connectivity index (χ0) is 18.0. The number of rotatable bonds is 8. The van der Waals surface area contributed by atoms with Gasteiger partial charge in [0.25, 0.3) is 0 Å². The summed E-state index contributed by atoms with van der Waals surface area (Å²) in [5, 5.41) is 8.99. The Hall–Kier alpha value is -1.000. The van der Waals surface area contributed by atoms with Gasteiger partial charge in [0.1, 0.15) is 4.34 Å². The summed E-state index contributed by atoms with van der Waals surface area (Å²) in [6.45, 7) is 5.94. The number of thioether (sulfide) groups is 1. The number of benzene rings is 1. The number of thiazole rings is 1. The first-order chi connectivity index (χ1) is 12.8. The lowest BCUT2D eigenvalue weighted by atomic mass is 10.3. The molecule has 1 aliphatic heterocycles. The van der Waals surface area contributed by atoms with Crippen LogP contribution in [0.1, 0.15) is 19.8 Å². The van der Waals surface area contributed by atoms with Gasteiger partial charge in [-0.2, -0.15) is 0 Å². The molecule has 1 unspecified atom stereocenters. The Morgan fingerprint density at radius 1 is 1.37 bits per heavy atom. The smallest absolute Gasteiger partial charge is 0.191 e. The zero-order valence-electron chi connectivity index (χ0n) is 15.6. The highest BCUT2D eigenvalue weighted by Gasteiger charge is 2.23. The normalized spacial score (nSPS) is 16.9. The van der Waals surface area contributed by atoms with Gasteiger partial charge in [-0.1, -0.05) is 30.0 Å². The highest BCUT2D eigenvalue weighted by atomic mass is 127. The molecule has 0 aliphatic carbocycles. The predicted octanol–water partition coefficient (Wildman–Crippen LogP) is 4.08. The number of aliphatic imine (C=N–C) groups is 1. The van der Waals surface area contributed by atoms with Gasteiger partial charge >= 0.3 is 0 Å². The number of nitrogens with one attached hydrogen (secondary N) is 2. The molecule has 148 valence electrons. The third-order valence-corrected chi connectivity index (χ3v) is 6.25. The molecule has 2 N–H and O–H groups in total. The van der Waals surface area contributed by atoms with Gasteiger partial charge in [-0.05, 0) is 31.9 Å². The number of aromatic nitrogens is 1. The molecule has 2 aromatic rings. The number of hydrogen-bond donors (Lipinski definition) is 2. The molecule has 5 nitrogen and oxygen atoms in total. The van der Waals surface area contributed by atoms with Gasteiger partial charge in [-0.3, -0.25) is 4.99 Å². The quantitative estimate of drug-likeness (QED) is 0.182. The van der Waals surface area contributed by atoms with Gasteiger partial charge < -0.3 is 15.5 Å². The number of guanidine groups is 1. The highest BCUT2D eigenvalue weighted by molar-refractivity contribution is 14.0. The van der Waals surface area contributed by atoms with Crippen molar-refractivity contribution in [3.05, 3.63) is 41.9 Å². The molecule has 0 amide bonds. The zero-order valence-corrected chi connectivity index (χ0v) is 19.6. The first-order valence-corrected chi connectivity index (χ1v) is 11.1. The van der Waals surface area contributed by atoms with E-state index < -0.39 is 0 Å². The Morgan fingerprint density at radius 2 is 2.22 bits per heavy atom. The minimum Gasteiger partial charge on any atom is -0.369 e. The number of hydrogen-bond acceptors (Lipinski definition) is 5. The molecular formula is C19H28IN5S2. The Labute approximate surface area is 187 Å². The van der Waals surface area contributed by atoms with Gasteiger partial charge in [-0.25, -0.2) is 4.98 Å². The summed E-state index contributed by atoms with van der Waals surface area (Å²) in [6.07, 6.45) is 4.06. The SMILES string of the molecule is CCNC(=NCCCSc1nccs1)NC1CCN(c2ccccc2)C1.I. The largest absolute Gasteiger partial charge is 0.369 e. The molecule has 3 rings (SSSR count). The van der Waals surface area contributed by atoms with Crippen LogP contribution in [0.3, 0.4) is 0 Å². The lowest BCUT2D eigenvalue weighted by Crippen LogP contribution is -2.44. The van der Waals surface area contributed by atoms with Gasteiger partial charge in [0.05, 0.1) is 0 Å². The summed E-state index contributed by atoms with van der Waals surface area (Å²) in [5.74, 6) is 1.99. The minimum atomic E-state index is 0. The van der Waals surface area contributed by atoms with Crippen LogP contribution in [0.15, 0.2) is 51.2 Å². The van der Waals surface area contributed by atoms with E-state index in [0.29, 0.717) is 6.04 Å². The van der Waals surface area contributed by atoms with E-state index in [9.17, 15) is 0 Å². The molecule has 1 aromatic heterocycles. The second-order valence-electron chi connectivity index (χ2n) is 6.17. The average molecular weight is 518 g/mol. The van der Waals surface area contributed by atoms with Gasteiger partial charge in [-0.15, -0.1) is 35.3 Å². The van der Waals surface area contributed by atoms with E-state index in [1.807, 2.05) is 23.3 Å². The number of halogens is 1. The van der Waals surface area contributed by atoms with E-state index in [4.69, 9.17) is 4.99 Å². The monoisotopic (exact) mass is 517 g/mol. The summed E-state index contributed by atoms with van der Waals surface area (Å²) >= 11 is 3.52. The molecule has 2 heterocycles. The van der Waals surface area contributed by atoms with Crippen molar-refractivity contribution in [3.63, 3.8) is 0 Å². The summed E-state index contributed by atoms with van der Waals surface area (Å²) in [7, 11) is 0. The summed E-state index contributed by atoms with van der Waals surface area (Å²) in [4.78, 5) is 11.5. The van der Waals surface area contributed by atoms with Gasteiger partial charge in [0, 0.05) is 55.2 Å². The second-order valence-corrected chi connectivity index (χ2v) is 8.41. The van der Waals surface area contributed by atoms with Crippen LogP contribution in [0.2, 0.25) is 0 Å². The van der Waals surface area contributed by atoms with Crippen LogP contribution in [0, 0.1) is 0 Å². The molecule has 0 bridgehead atoms. The standard InChI is InChI=1S/C19H27N5S2.HI/c1-2-20-18(21-10-6-13-25-19-22-11-14-26-19)23-16-9-12-24(15-16)17-7-4-3-5-8-17;/h3-5,7-8,11,14,16H,2,6,9-10,12-13,15H2,1H3,(H2,20,21,23);1H. The summed E-state index contributed by atoms with van der Waals surface area (Å²) in [5.41, 5.74) is 1.30. The fourth-order valence-electron chi connectivity index (χ4n) is 2.96. The molecule has 1 saturated heterocycles. The van der Waals surface area contributed by atoms with Crippen molar-refractivity contribution >= 4 is 58.7 Å². The minimum absolute atomic E-state index is 0. The predicted molar refractivity (Wildman–Crippen MR) is 129 cm³/mol. The molecule has 0 saturated carbocycles. The molecule has 1 aromatic carbocycles. The van der Waals surface area contributed by atoms with Crippen LogP contribution in [0.4, 0.5) is 5.69 Å². The van der Waals surface area contributed by atoms with E-state index in [1.54, 1.807) is 11.3 Å². The van der Waals surface area contributed by atoms with Crippen molar-refractivity contribution in [3.8, 4) is 0 Å². The maximum Gasteiger partial charge on any atom is 0.191 e. The lowest BCUT2D eigenvalue weighted by Gasteiger charge is -2.20. The molecule has 0 spiro atoms. The van der Waals surface area contributed by atoms with Crippen LogP contribution in [0.5, 0.6) is 0 Å². The molecular weight excluding hydrogens is 489 g/mol. The van der Waals surface area contributed by atoms with E-state index in [2.05, 4.69) is 57.8 Å². The molecule has 0 radical (unpaired) electrons. The molecule has 1 aliphatic rings. The van der Waals surface area contributed by atoms with Gasteiger partial charge in [0.2, 0.25) is 0 Å². The molecule has 1 fully saturated rings. The number of nitrogens with zero attached hydrogens (tertiary/aromatic N) is 3. The Morgan fingerprint density at radius 3 is 2.96 bits per heavy atom. The van der Waals surface area contributed by atoms with E-state index >= 15 is 0 Å². The van der Waals surface area contributed by atoms with E-state index in [1.165, 1.54) is 5.69 Å². The average Bonchev–Trinajstić information content (AvgIpc) is 3.34. The maximum absolute atomic E-state index is 4.74. The fraction of sp³-hybridized carbons (Fsp3) is 0.474. The summed E-state index contributed by atoms with van der Waals surface area (Å²) < 4.78 is 1.14. The Kier molecular flexibility index (Phi) is 10.3. The van der Waals surface area contributed by atoms with Crippen LogP contribution >= 0.6 is 47.1 Å².